The number of hydrogen-bond donors (Lipinski definition) is 1. The van der Waals surface area contributed by atoms with Crippen LogP contribution in [0.1, 0.15) is 21.6 Å². The molecule has 0 aliphatic heterocycles. The van der Waals surface area contributed by atoms with Crippen LogP contribution in [-0.2, 0) is 6.54 Å². The second kappa shape index (κ2) is 8.22. The Balaban J connectivity index is 1.52. The standard InChI is InChI=1S/C22H17F3N4O3/c1-14-9-19(27-29(14)11-15-3-2-4-16(10-15)21(30)31)20-12-28(13-26-20)17-5-7-18(8-6-17)32-22(23,24)25/h2-10,12-13H,11H2,1H3,(H,30,31). The van der Waals surface area contributed by atoms with Gasteiger partial charge in [-0.25, -0.2) is 9.78 Å². The van der Waals surface area contributed by atoms with Gasteiger partial charge in [-0.15, -0.1) is 13.2 Å². The number of carboxylic acid groups (broad SMARTS) is 1. The summed E-state index contributed by atoms with van der Waals surface area (Å²) < 4.78 is 44.2. The number of aromatic nitrogens is 4. The summed E-state index contributed by atoms with van der Waals surface area (Å²) in [6.07, 6.45) is -1.48. The van der Waals surface area contributed by atoms with Crippen molar-refractivity contribution in [3.63, 3.8) is 0 Å². The molecule has 2 heterocycles. The van der Waals surface area contributed by atoms with E-state index in [0.717, 1.165) is 11.3 Å². The van der Waals surface area contributed by atoms with E-state index in [2.05, 4.69) is 14.8 Å². The van der Waals surface area contributed by atoms with Gasteiger partial charge in [0, 0.05) is 17.6 Å². The van der Waals surface area contributed by atoms with Crippen LogP contribution in [0.4, 0.5) is 13.2 Å². The number of aromatic carboxylic acids is 1. The first-order chi connectivity index (χ1) is 15.2. The van der Waals surface area contributed by atoms with Crippen molar-refractivity contribution >= 4 is 5.97 Å². The highest BCUT2D eigenvalue weighted by atomic mass is 19.4. The summed E-state index contributed by atoms with van der Waals surface area (Å²) in [5, 5.41) is 13.7. The Kier molecular flexibility index (Phi) is 5.43. The maximum atomic E-state index is 12.3. The maximum Gasteiger partial charge on any atom is 0.573 e. The smallest absolute Gasteiger partial charge is 0.478 e. The predicted molar refractivity (Wildman–Crippen MR) is 109 cm³/mol. The highest BCUT2D eigenvalue weighted by molar-refractivity contribution is 5.87. The fourth-order valence-electron chi connectivity index (χ4n) is 3.19. The molecule has 0 aliphatic carbocycles. The zero-order valence-electron chi connectivity index (χ0n) is 16.7. The molecule has 1 N–H and O–H groups in total. The molecule has 32 heavy (non-hydrogen) atoms. The van der Waals surface area contributed by atoms with Gasteiger partial charge in [-0.05, 0) is 55.0 Å². The van der Waals surface area contributed by atoms with Crippen molar-refractivity contribution in [3.05, 3.63) is 83.9 Å². The molecule has 0 radical (unpaired) electrons. The fourth-order valence-corrected chi connectivity index (χ4v) is 3.19. The molecule has 2 aromatic carbocycles. The lowest BCUT2D eigenvalue weighted by Crippen LogP contribution is -2.17. The first kappa shape index (κ1) is 21.2. The second-order valence-corrected chi connectivity index (χ2v) is 7.04. The third-order valence-electron chi connectivity index (χ3n) is 4.70. The number of ether oxygens (including phenoxy) is 1. The Morgan fingerprint density at radius 1 is 1.09 bits per heavy atom. The summed E-state index contributed by atoms with van der Waals surface area (Å²) in [6.45, 7) is 2.28. The van der Waals surface area contributed by atoms with E-state index in [4.69, 9.17) is 5.11 Å². The Morgan fingerprint density at radius 3 is 2.53 bits per heavy atom. The summed E-state index contributed by atoms with van der Waals surface area (Å²) in [7, 11) is 0. The van der Waals surface area contributed by atoms with Gasteiger partial charge in [0.1, 0.15) is 17.1 Å². The van der Waals surface area contributed by atoms with Gasteiger partial charge in [0.25, 0.3) is 0 Å². The van der Waals surface area contributed by atoms with Crippen molar-refractivity contribution in [1.29, 1.82) is 0 Å². The lowest BCUT2D eigenvalue weighted by atomic mass is 10.1. The molecule has 0 bridgehead atoms. The molecule has 4 rings (SSSR count). The fraction of sp³-hybridized carbons (Fsp3) is 0.136. The molecule has 0 unspecified atom stereocenters. The molecule has 0 saturated carbocycles. The SMILES string of the molecule is Cc1cc(-c2cn(-c3ccc(OC(F)(F)F)cc3)cn2)nn1Cc1cccc(C(=O)O)c1. The monoisotopic (exact) mass is 442 g/mol. The first-order valence-corrected chi connectivity index (χ1v) is 9.45. The van der Waals surface area contributed by atoms with E-state index in [1.54, 1.807) is 33.9 Å². The average Bonchev–Trinajstić information content (AvgIpc) is 3.35. The number of imidazole rings is 1. The van der Waals surface area contributed by atoms with Crippen molar-refractivity contribution in [2.24, 2.45) is 0 Å². The Bertz CT molecular complexity index is 1260. The second-order valence-electron chi connectivity index (χ2n) is 7.04. The van der Waals surface area contributed by atoms with Crippen molar-refractivity contribution in [2.45, 2.75) is 19.8 Å². The minimum Gasteiger partial charge on any atom is -0.478 e. The van der Waals surface area contributed by atoms with Crippen molar-refractivity contribution < 1.29 is 27.8 Å². The van der Waals surface area contributed by atoms with Crippen LogP contribution in [0.3, 0.4) is 0 Å². The molecule has 10 heteroatoms. The van der Waals surface area contributed by atoms with E-state index in [9.17, 15) is 18.0 Å². The zero-order valence-corrected chi connectivity index (χ0v) is 16.7. The molecular formula is C22H17F3N4O3. The van der Waals surface area contributed by atoms with Gasteiger partial charge in [0.2, 0.25) is 0 Å². The number of carbonyl (C=O) groups is 1. The van der Waals surface area contributed by atoms with Crippen molar-refractivity contribution in [1.82, 2.24) is 19.3 Å². The third-order valence-corrected chi connectivity index (χ3v) is 4.70. The van der Waals surface area contributed by atoms with Crippen LogP contribution in [0.5, 0.6) is 5.75 Å². The van der Waals surface area contributed by atoms with Gasteiger partial charge in [-0.1, -0.05) is 12.1 Å². The molecule has 0 amide bonds. The molecule has 7 nitrogen and oxygen atoms in total. The average molecular weight is 442 g/mol. The summed E-state index contributed by atoms with van der Waals surface area (Å²) in [6, 6.07) is 13.9. The molecule has 0 fully saturated rings. The van der Waals surface area contributed by atoms with Crippen molar-refractivity contribution in [3.8, 4) is 22.8 Å². The lowest BCUT2D eigenvalue weighted by molar-refractivity contribution is -0.274. The predicted octanol–water partition coefficient (Wildman–Crippen LogP) is 4.69. The van der Waals surface area contributed by atoms with E-state index < -0.39 is 12.3 Å². The van der Waals surface area contributed by atoms with Gasteiger partial charge in [0.05, 0.1) is 18.4 Å². The van der Waals surface area contributed by atoms with E-state index in [1.807, 2.05) is 19.1 Å². The van der Waals surface area contributed by atoms with E-state index >= 15 is 0 Å². The molecule has 0 aliphatic rings. The molecule has 164 valence electrons. The maximum absolute atomic E-state index is 12.3. The number of nitrogens with zero attached hydrogens (tertiary/aromatic N) is 4. The molecule has 0 saturated heterocycles. The Hall–Kier alpha value is -4.08. The topological polar surface area (TPSA) is 82.2 Å². The van der Waals surface area contributed by atoms with E-state index in [0.29, 0.717) is 23.6 Å². The first-order valence-electron chi connectivity index (χ1n) is 9.45. The van der Waals surface area contributed by atoms with Crippen LogP contribution >= 0.6 is 0 Å². The number of alkyl halides is 3. The summed E-state index contributed by atoms with van der Waals surface area (Å²) in [5.74, 6) is -1.30. The van der Waals surface area contributed by atoms with Crippen LogP contribution in [-0.4, -0.2) is 36.8 Å². The van der Waals surface area contributed by atoms with Crippen LogP contribution in [0.15, 0.2) is 67.1 Å². The summed E-state index contributed by atoms with van der Waals surface area (Å²) in [4.78, 5) is 15.5. The van der Waals surface area contributed by atoms with Crippen molar-refractivity contribution in [2.75, 3.05) is 0 Å². The molecule has 0 spiro atoms. The summed E-state index contributed by atoms with van der Waals surface area (Å²) >= 11 is 0. The number of halogens is 3. The quantitative estimate of drug-likeness (QED) is 0.469. The molecule has 4 aromatic rings. The highest BCUT2D eigenvalue weighted by Crippen LogP contribution is 2.25. The van der Waals surface area contributed by atoms with Gasteiger partial charge < -0.3 is 14.4 Å². The minimum absolute atomic E-state index is 0.206. The van der Waals surface area contributed by atoms with E-state index in [-0.39, 0.29) is 11.3 Å². The number of rotatable bonds is 6. The third kappa shape index (κ3) is 4.80. The minimum atomic E-state index is -4.74. The van der Waals surface area contributed by atoms with Crippen LogP contribution in [0, 0.1) is 6.92 Å². The number of aryl methyl sites for hydroxylation is 1. The number of carboxylic acids is 1. The zero-order chi connectivity index (χ0) is 22.9. The number of benzene rings is 2. The number of hydrogen-bond acceptors (Lipinski definition) is 4. The van der Waals surface area contributed by atoms with Crippen LogP contribution < -0.4 is 4.74 Å². The van der Waals surface area contributed by atoms with Crippen LogP contribution in [0.2, 0.25) is 0 Å². The highest BCUT2D eigenvalue weighted by Gasteiger charge is 2.31. The van der Waals surface area contributed by atoms with Gasteiger partial charge in [-0.3, -0.25) is 4.68 Å². The largest absolute Gasteiger partial charge is 0.573 e. The van der Waals surface area contributed by atoms with Gasteiger partial charge >= 0.3 is 12.3 Å². The van der Waals surface area contributed by atoms with Gasteiger partial charge in [-0.2, -0.15) is 5.10 Å². The van der Waals surface area contributed by atoms with Gasteiger partial charge in [0.15, 0.2) is 0 Å². The Morgan fingerprint density at radius 2 is 1.84 bits per heavy atom. The normalized spacial score (nSPS) is 11.5. The van der Waals surface area contributed by atoms with Crippen LogP contribution in [0.25, 0.3) is 17.1 Å². The molecular weight excluding hydrogens is 425 g/mol. The molecule has 2 aromatic heterocycles. The lowest BCUT2D eigenvalue weighted by Gasteiger charge is -2.09. The Labute approximate surface area is 180 Å². The summed E-state index contributed by atoms with van der Waals surface area (Å²) in [5.41, 5.74) is 3.69. The molecule has 0 atom stereocenters. The van der Waals surface area contributed by atoms with E-state index in [1.165, 1.54) is 30.3 Å².